The molecule has 5 nitrogen and oxygen atoms in total. The molecule has 0 saturated heterocycles. The molecule has 1 aliphatic rings. The summed E-state index contributed by atoms with van der Waals surface area (Å²) in [4.78, 5) is 22.9. The van der Waals surface area contributed by atoms with Crippen LogP contribution in [0.1, 0.15) is 16.1 Å². The maximum Gasteiger partial charge on any atom is 0.273 e. The van der Waals surface area contributed by atoms with Gasteiger partial charge < -0.3 is 10.0 Å². The lowest BCUT2D eigenvalue weighted by molar-refractivity contribution is 0.0741. The van der Waals surface area contributed by atoms with Crippen LogP contribution in [0.2, 0.25) is 10.0 Å². The van der Waals surface area contributed by atoms with Gasteiger partial charge in [-0.05, 0) is 24.5 Å². The number of aliphatic hydroxyl groups is 1. The molecule has 3 rings (SSSR count). The van der Waals surface area contributed by atoms with Crippen molar-refractivity contribution in [3.8, 4) is 11.3 Å². The number of hydrogen-bond acceptors (Lipinski definition) is 5. The molecule has 0 unspecified atom stereocenters. The van der Waals surface area contributed by atoms with Crippen LogP contribution in [0.4, 0.5) is 0 Å². The number of fused-ring (bicyclic) bond motifs is 1. The molecule has 0 fully saturated rings. The number of nitrogens with zero attached hydrogens (tertiary/aromatic N) is 3. The van der Waals surface area contributed by atoms with Gasteiger partial charge in [0.15, 0.2) is 5.16 Å². The Kier molecular flexibility index (Phi) is 4.77. The van der Waals surface area contributed by atoms with Gasteiger partial charge in [-0.15, -0.1) is 0 Å². The van der Waals surface area contributed by atoms with Crippen LogP contribution in [-0.4, -0.2) is 45.3 Å². The average molecular weight is 370 g/mol. The second-order valence-corrected chi connectivity index (χ2v) is 6.58. The van der Waals surface area contributed by atoms with Crippen molar-refractivity contribution in [3.63, 3.8) is 0 Å². The fourth-order valence-corrected chi connectivity index (χ4v) is 3.36. The van der Waals surface area contributed by atoms with Crippen molar-refractivity contribution in [1.29, 1.82) is 0 Å². The van der Waals surface area contributed by atoms with E-state index in [2.05, 4.69) is 9.97 Å². The highest BCUT2D eigenvalue weighted by Gasteiger charge is 2.33. The molecular formula is C15H13Cl2N3O2S. The van der Waals surface area contributed by atoms with Crippen molar-refractivity contribution in [1.82, 2.24) is 14.9 Å². The molecule has 0 spiro atoms. The van der Waals surface area contributed by atoms with Gasteiger partial charge in [-0.25, -0.2) is 9.97 Å². The number of carbonyl (C=O) groups is 1. The summed E-state index contributed by atoms with van der Waals surface area (Å²) in [5.74, 6) is -0.196. The van der Waals surface area contributed by atoms with E-state index < -0.39 is 0 Å². The van der Waals surface area contributed by atoms with Crippen LogP contribution >= 0.6 is 35.0 Å². The summed E-state index contributed by atoms with van der Waals surface area (Å²) in [5, 5.41) is 10.6. The Morgan fingerprint density at radius 2 is 2.04 bits per heavy atom. The maximum absolute atomic E-state index is 12.4. The van der Waals surface area contributed by atoms with Gasteiger partial charge in [-0.1, -0.05) is 35.0 Å². The molecule has 1 N–H and O–H groups in total. The molecule has 0 atom stereocenters. The zero-order chi connectivity index (χ0) is 16.6. The van der Waals surface area contributed by atoms with Gasteiger partial charge in [0.1, 0.15) is 5.69 Å². The van der Waals surface area contributed by atoms with E-state index in [4.69, 9.17) is 28.3 Å². The number of thioether (sulfide) groups is 1. The Bertz CT molecular complexity index is 786. The third-order valence-electron chi connectivity index (χ3n) is 3.56. The zero-order valence-electron chi connectivity index (χ0n) is 12.2. The minimum atomic E-state index is -0.196. The van der Waals surface area contributed by atoms with Crippen molar-refractivity contribution in [3.05, 3.63) is 39.5 Å². The SMILES string of the molecule is CSc1nc2c(c(-c3ccc(Cl)cc3Cl)n1)CN(CCO)C2=O. The van der Waals surface area contributed by atoms with Crippen molar-refractivity contribution in [2.45, 2.75) is 11.7 Å². The Hall–Kier alpha value is -1.34. The van der Waals surface area contributed by atoms with Crippen molar-refractivity contribution in [2.75, 3.05) is 19.4 Å². The van der Waals surface area contributed by atoms with Crippen LogP contribution in [0.5, 0.6) is 0 Å². The van der Waals surface area contributed by atoms with E-state index in [1.807, 2.05) is 6.26 Å². The largest absolute Gasteiger partial charge is 0.395 e. The number of amides is 1. The van der Waals surface area contributed by atoms with E-state index in [0.717, 1.165) is 5.56 Å². The van der Waals surface area contributed by atoms with Gasteiger partial charge in [0.25, 0.3) is 5.91 Å². The predicted octanol–water partition coefficient (Wildman–Crippen LogP) is 3.12. The van der Waals surface area contributed by atoms with Crippen molar-refractivity contribution >= 4 is 40.9 Å². The molecule has 1 amide bonds. The average Bonchev–Trinajstić information content (AvgIpc) is 2.84. The molecule has 1 aromatic heterocycles. The molecule has 1 aromatic carbocycles. The van der Waals surface area contributed by atoms with Gasteiger partial charge in [-0.2, -0.15) is 0 Å². The smallest absolute Gasteiger partial charge is 0.273 e. The fourth-order valence-electron chi connectivity index (χ4n) is 2.50. The van der Waals surface area contributed by atoms with E-state index in [1.54, 1.807) is 23.1 Å². The number of rotatable bonds is 4. The summed E-state index contributed by atoms with van der Waals surface area (Å²) in [6, 6.07) is 5.17. The predicted molar refractivity (Wildman–Crippen MR) is 91.1 cm³/mol. The Labute approximate surface area is 147 Å². The summed E-state index contributed by atoms with van der Waals surface area (Å²) in [6.07, 6.45) is 1.85. The van der Waals surface area contributed by atoms with Crippen LogP contribution in [0, 0.1) is 0 Å². The highest BCUT2D eigenvalue weighted by atomic mass is 35.5. The molecule has 2 aromatic rings. The van der Waals surface area contributed by atoms with Gasteiger partial charge in [0.2, 0.25) is 0 Å². The van der Waals surface area contributed by atoms with Crippen molar-refractivity contribution in [2.24, 2.45) is 0 Å². The van der Waals surface area contributed by atoms with E-state index in [1.165, 1.54) is 11.8 Å². The van der Waals surface area contributed by atoms with Gasteiger partial charge >= 0.3 is 0 Å². The number of aromatic nitrogens is 2. The summed E-state index contributed by atoms with van der Waals surface area (Å²) < 4.78 is 0. The second-order valence-electron chi connectivity index (χ2n) is 4.96. The molecule has 2 heterocycles. The van der Waals surface area contributed by atoms with Crippen LogP contribution in [0.15, 0.2) is 23.4 Å². The quantitative estimate of drug-likeness (QED) is 0.662. The third-order valence-corrected chi connectivity index (χ3v) is 4.66. The topological polar surface area (TPSA) is 66.3 Å². The normalized spacial score (nSPS) is 13.6. The Morgan fingerprint density at radius 1 is 1.30 bits per heavy atom. The van der Waals surface area contributed by atoms with Gasteiger partial charge in [0, 0.05) is 22.7 Å². The molecule has 120 valence electrons. The van der Waals surface area contributed by atoms with E-state index in [9.17, 15) is 4.79 Å². The molecule has 23 heavy (non-hydrogen) atoms. The monoisotopic (exact) mass is 369 g/mol. The number of β-amino-alcohol motifs (C(OH)–C–C–N with tert-alkyl or cyclic N) is 1. The lowest BCUT2D eigenvalue weighted by atomic mass is 10.1. The van der Waals surface area contributed by atoms with Gasteiger partial charge in [-0.3, -0.25) is 4.79 Å². The first-order chi connectivity index (χ1) is 11.0. The highest BCUT2D eigenvalue weighted by molar-refractivity contribution is 7.98. The minimum absolute atomic E-state index is 0.0976. The zero-order valence-corrected chi connectivity index (χ0v) is 14.5. The fraction of sp³-hybridized carbons (Fsp3) is 0.267. The molecule has 0 bridgehead atoms. The van der Waals surface area contributed by atoms with Crippen LogP contribution in [0.3, 0.4) is 0 Å². The molecular weight excluding hydrogens is 357 g/mol. The summed E-state index contributed by atoms with van der Waals surface area (Å²) in [7, 11) is 0. The summed E-state index contributed by atoms with van der Waals surface area (Å²) >= 11 is 13.6. The van der Waals surface area contributed by atoms with Gasteiger partial charge in [0.05, 0.1) is 23.9 Å². The van der Waals surface area contributed by atoms with Crippen LogP contribution in [0.25, 0.3) is 11.3 Å². The summed E-state index contributed by atoms with van der Waals surface area (Å²) in [5.41, 5.74) is 2.45. The standard InChI is InChI=1S/C15H13Cl2N3O2S/c1-23-15-18-12(9-3-2-8(16)6-11(9)17)10-7-20(4-5-21)14(22)13(10)19-15/h2-3,6,21H,4-5,7H2,1H3. The summed E-state index contributed by atoms with van der Waals surface area (Å²) in [6.45, 7) is 0.523. The lowest BCUT2D eigenvalue weighted by Gasteiger charge is -2.13. The first-order valence-corrected chi connectivity index (χ1v) is 8.83. The molecule has 8 heteroatoms. The van der Waals surface area contributed by atoms with Crippen LogP contribution < -0.4 is 0 Å². The van der Waals surface area contributed by atoms with Crippen LogP contribution in [-0.2, 0) is 6.54 Å². The number of hydrogen-bond donors (Lipinski definition) is 1. The number of benzene rings is 1. The van der Waals surface area contributed by atoms with E-state index >= 15 is 0 Å². The Balaban J connectivity index is 2.17. The lowest BCUT2D eigenvalue weighted by Crippen LogP contribution is -2.27. The van der Waals surface area contributed by atoms with E-state index in [-0.39, 0.29) is 19.1 Å². The Morgan fingerprint density at radius 3 is 2.70 bits per heavy atom. The molecule has 1 aliphatic heterocycles. The molecule has 0 saturated carbocycles. The number of halogens is 2. The first kappa shape index (κ1) is 16.5. The number of aliphatic hydroxyl groups excluding tert-OH is 1. The highest BCUT2D eigenvalue weighted by Crippen LogP contribution is 2.36. The maximum atomic E-state index is 12.4. The van der Waals surface area contributed by atoms with E-state index in [0.29, 0.717) is 38.7 Å². The van der Waals surface area contributed by atoms with Crippen molar-refractivity contribution < 1.29 is 9.90 Å². The number of carbonyl (C=O) groups excluding carboxylic acids is 1. The minimum Gasteiger partial charge on any atom is -0.395 e. The first-order valence-electron chi connectivity index (χ1n) is 6.85. The second kappa shape index (κ2) is 6.65. The third kappa shape index (κ3) is 3.04. The molecule has 0 aliphatic carbocycles. The molecule has 0 radical (unpaired) electrons.